The minimum absolute atomic E-state index is 0.397. The van der Waals surface area contributed by atoms with Crippen molar-refractivity contribution in [3.05, 3.63) is 0 Å². The van der Waals surface area contributed by atoms with Crippen LogP contribution >= 0.6 is 12.2 Å². The molecule has 0 amide bonds. The van der Waals surface area contributed by atoms with Crippen molar-refractivity contribution in [3.63, 3.8) is 0 Å². The van der Waals surface area contributed by atoms with Crippen LogP contribution in [0.25, 0.3) is 0 Å². The van der Waals surface area contributed by atoms with E-state index in [0.717, 1.165) is 4.86 Å². The lowest BCUT2D eigenvalue weighted by atomic mass is 10.1. The number of carboxylic acid groups (broad SMARTS) is 1. The van der Waals surface area contributed by atoms with Crippen molar-refractivity contribution in [2.45, 2.75) is 25.3 Å². The Kier molecular flexibility index (Phi) is 5.79. The zero-order chi connectivity index (χ0) is 9.56. The fourth-order valence-electron chi connectivity index (χ4n) is 0.726. The Balaban J connectivity index is 3.54. The summed E-state index contributed by atoms with van der Waals surface area (Å²) in [6, 6.07) is -0.805. The number of carbonyl (C=O) groups is 1. The molecule has 0 bridgehead atoms. The number of aliphatic carboxylic acids is 1. The molecule has 4 nitrogen and oxygen atoms in total. The average molecular weight is 190 g/mol. The van der Waals surface area contributed by atoms with E-state index >= 15 is 0 Å². The van der Waals surface area contributed by atoms with Crippen molar-refractivity contribution < 1.29 is 9.90 Å². The van der Waals surface area contributed by atoms with Gasteiger partial charge in [-0.05, 0) is 30.7 Å². The van der Waals surface area contributed by atoms with Gasteiger partial charge in [-0.2, -0.15) is 0 Å². The molecule has 0 rings (SSSR count). The number of carboxylic acids is 1. The Morgan fingerprint density at radius 3 is 2.50 bits per heavy atom. The van der Waals surface area contributed by atoms with Crippen LogP contribution in [0.3, 0.4) is 0 Å². The number of rotatable bonds is 6. The molecule has 0 aliphatic rings. The van der Waals surface area contributed by atoms with Crippen LogP contribution in [0.1, 0.15) is 19.3 Å². The zero-order valence-electron chi connectivity index (χ0n) is 6.82. The van der Waals surface area contributed by atoms with Crippen molar-refractivity contribution in [2.24, 2.45) is 11.5 Å². The standard InChI is InChI=1S/C7H14N2O2S/c8-4-3-5(12)1-2-6(9)7(10)11/h6H,1-4,8-9H2,(H,10,11)/t6-/m0/s1. The smallest absolute Gasteiger partial charge is 0.320 e. The van der Waals surface area contributed by atoms with E-state index in [1.165, 1.54) is 0 Å². The van der Waals surface area contributed by atoms with Gasteiger partial charge in [0.1, 0.15) is 6.04 Å². The topological polar surface area (TPSA) is 89.3 Å². The molecule has 0 saturated carbocycles. The maximum atomic E-state index is 10.3. The number of hydrogen-bond donors (Lipinski definition) is 3. The molecule has 0 spiro atoms. The van der Waals surface area contributed by atoms with E-state index in [0.29, 0.717) is 25.8 Å². The minimum atomic E-state index is -0.981. The molecule has 0 aromatic rings. The molecule has 0 heterocycles. The van der Waals surface area contributed by atoms with E-state index in [9.17, 15) is 4.79 Å². The van der Waals surface area contributed by atoms with Gasteiger partial charge in [-0.3, -0.25) is 4.79 Å². The van der Waals surface area contributed by atoms with Crippen molar-refractivity contribution in [1.82, 2.24) is 0 Å². The van der Waals surface area contributed by atoms with Gasteiger partial charge in [0.15, 0.2) is 0 Å². The average Bonchev–Trinajstić information content (AvgIpc) is 2.00. The van der Waals surface area contributed by atoms with E-state index in [1.807, 2.05) is 0 Å². The zero-order valence-corrected chi connectivity index (χ0v) is 7.64. The van der Waals surface area contributed by atoms with Gasteiger partial charge >= 0.3 is 5.97 Å². The summed E-state index contributed by atoms with van der Waals surface area (Å²) in [5.74, 6) is -0.981. The predicted octanol–water partition coefficient (Wildman–Crippen LogP) is -0.103. The molecule has 70 valence electrons. The van der Waals surface area contributed by atoms with Crippen LogP contribution in [-0.4, -0.2) is 28.5 Å². The van der Waals surface area contributed by atoms with Crippen molar-refractivity contribution >= 4 is 23.1 Å². The number of hydrogen-bond acceptors (Lipinski definition) is 4. The van der Waals surface area contributed by atoms with Crippen LogP contribution in [0.2, 0.25) is 0 Å². The molecule has 5 N–H and O–H groups in total. The third kappa shape index (κ3) is 5.17. The Bertz CT molecular complexity index is 173. The largest absolute Gasteiger partial charge is 0.480 e. The minimum Gasteiger partial charge on any atom is -0.480 e. The first-order valence-electron chi connectivity index (χ1n) is 3.78. The molecule has 5 heteroatoms. The monoisotopic (exact) mass is 190 g/mol. The summed E-state index contributed by atoms with van der Waals surface area (Å²) < 4.78 is 0. The molecule has 0 aliphatic heterocycles. The maximum Gasteiger partial charge on any atom is 0.320 e. The van der Waals surface area contributed by atoms with E-state index in [-0.39, 0.29) is 0 Å². The third-order valence-electron chi connectivity index (χ3n) is 1.47. The first-order valence-corrected chi connectivity index (χ1v) is 4.19. The molecule has 0 aromatic heterocycles. The van der Waals surface area contributed by atoms with Gasteiger partial charge in [0.05, 0.1) is 0 Å². The summed E-state index contributed by atoms with van der Waals surface area (Å²) in [5.41, 5.74) is 10.5. The maximum absolute atomic E-state index is 10.3. The van der Waals surface area contributed by atoms with Gasteiger partial charge in [-0.25, -0.2) is 0 Å². The molecular weight excluding hydrogens is 176 g/mol. The summed E-state index contributed by atoms with van der Waals surface area (Å²) in [6.45, 7) is 0.515. The molecular formula is C7H14N2O2S. The van der Waals surface area contributed by atoms with Crippen molar-refractivity contribution in [2.75, 3.05) is 6.54 Å². The molecule has 12 heavy (non-hydrogen) atoms. The Hall–Kier alpha value is -0.520. The van der Waals surface area contributed by atoms with Crippen LogP contribution < -0.4 is 11.5 Å². The Labute approximate surface area is 76.9 Å². The molecule has 0 radical (unpaired) electrons. The van der Waals surface area contributed by atoms with Gasteiger partial charge < -0.3 is 16.6 Å². The van der Waals surface area contributed by atoms with Crippen LogP contribution in [0, 0.1) is 0 Å². The Morgan fingerprint density at radius 1 is 1.50 bits per heavy atom. The fraction of sp³-hybridized carbons (Fsp3) is 0.714. The second kappa shape index (κ2) is 6.05. The van der Waals surface area contributed by atoms with Crippen molar-refractivity contribution in [1.29, 1.82) is 0 Å². The molecule has 1 atom stereocenters. The molecule has 0 aromatic carbocycles. The van der Waals surface area contributed by atoms with Gasteiger partial charge in [-0.15, -0.1) is 0 Å². The summed E-state index contributed by atoms with van der Waals surface area (Å²) >= 11 is 4.93. The highest BCUT2D eigenvalue weighted by molar-refractivity contribution is 7.80. The normalized spacial score (nSPS) is 12.5. The first kappa shape index (κ1) is 11.5. The fourth-order valence-corrected chi connectivity index (χ4v) is 0.962. The quantitative estimate of drug-likeness (QED) is 0.509. The molecule has 0 aliphatic carbocycles. The molecule has 0 unspecified atom stereocenters. The second-order valence-corrected chi connectivity index (χ2v) is 3.14. The van der Waals surface area contributed by atoms with E-state index < -0.39 is 12.0 Å². The van der Waals surface area contributed by atoms with Gasteiger partial charge in [0, 0.05) is 0 Å². The lowest BCUT2D eigenvalue weighted by Crippen LogP contribution is -2.30. The van der Waals surface area contributed by atoms with Gasteiger partial charge in [0.2, 0.25) is 0 Å². The van der Waals surface area contributed by atoms with E-state index in [4.69, 9.17) is 28.8 Å². The summed E-state index contributed by atoms with van der Waals surface area (Å²) in [5, 5.41) is 8.43. The number of nitrogens with two attached hydrogens (primary N) is 2. The highest BCUT2D eigenvalue weighted by atomic mass is 32.1. The third-order valence-corrected chi connectivity index (χ3v) is 1.88. The lowest BCUT2D eigenvalue weighted by molar-refractivity contribution is -0.138. The van der Waals surface area contributed by atoms with Crippen LogP contribution in [0.4, 0.5) is 0 Å². The molecule has 0 saturated heterocycles. The lowest BCUT2D eigenvalue weighted by Gasteiger charge is -2.05. The van der Waals surface area contributed by atoms with Crippen molar-refractivity contribution in [3.8, 4) is 0 Å². The van der Waals surface area contributed by atoms with Crippen LogP contribution in [0.5, 0.6) is 0 Å². The number of thiocarbonyl (C=S) groups is 1. The summed E-state index contributed by atoms with van der Waals surface area (Å²) in [4.78, 5) is 11.1. The second-order valence-electron chi connectivity index (χ2n) is 2.56. The highest BCUT2D eigenvalue weighted by Crippen LogP contribution is 2.00. The van der Waals surface area contributed by atoms with E-state index in [2.05, 4.69) is 0 Å². The summed E-state index contributed by atoms with van der Waals surface area (Å²) in [6.07, 6.45) is 1.63. The van der Waals surface area contributed by atoms with Crippen LogP contribution in [-0.2, 0) is 4.79 Å². The van der Waals surface area contributed by atoms with Gasteiger partial charge in [-0.1, -0.05) is 12.2 Å². The van der Waals surface area contributed by atoms with Gasteiger partial charge in [0.25, 0.3) is 0 Å². The SMILES string of the molecule is NCCC(=S)CC[C@H](N)C(=O)O. The predicted molar refractivity (Wildman–Crippen MR) is 51.1 cm³/mol. The Morgan fingerprint density at radius 2 is 2.08 bits per heavy atom. The molecule has 0 fully saturated rings. The highest BCUT2D eigenvalue weighted by Gasteiger charge is 2.11. The van der Waals surface area contributed by atoms with E-state index in [1.54, 1.807) is 0 Å². The summed E-state index contributed by atoms with van der Waals surface area (Å²) in [7, 11) is 0. The first-order chi connectivity index (χ1) is 5.57. The van der Waals surface area contributed by atoms with Crippen LogP contribution in [0.15, 0.2) is 0 Å².